The van der Waals surface area contributed by atoms with Gasteiger partial charge in [0, 0.05) is 15.2 Å². The zero-order valence-electron chi connectivity index (χ0n) is 15.1. The molecule has 1 unspecified atom stereocenters. The first-order valence-corrected chi connectivity index (χ1v) is 11.8. The van der Waals surface area contributed by atoms with Crippen LogP contribution in [0.1, 0.15) is 26.7 Å². The van der Waals surface area contributed by atoms with Gasteiger partial charge < -0.3 is 4.52 Å². The first kappa shape index (κ1) is 20.7. The standard InChI is InChI=1S/C19H20Br2NO4P/c1-3-5-10-25-27(23,24-4-2)26-15-7-9-17-14(12-15)11-13-6-8-16(20)18(21)19(13)22-17/h6-9,11-12H,3-5,10H2,1-2H3. The van der Waals surface area contributed by atoms with Crippen LogP contribution in [0, 0.1) is 0 Å². The van der Waals surface area contributed by atoms with Crippen LogP contribution in [0.4, 0.5) is 0 Å². The summed E-state index contributed by atoms with van der Waals surface area (Å²) in [6.07, 6.45) is 1.73. The van der Waals surface area contributed by atoms with Crippen LogP contribution in [0.2, 0.25) is 0 Å². The van der Waals surface area contributed by atoms with E-state index in [1.165, 1.54) is 0 Å². The van der Waals surface area contributed by atoms with E-state index in [1.807, 2.05) is 31.2 Å². The number of hydrogen-bond acceptors (Lipinski definition) is 5. The number of unbranched alkanes of at least 4 members (excludes halogenated alkanes) is 1. The van der Waals surface area contributed by atoms with Crippen LogP contribution < -0.4 is 4.52 Å². The minimum Gasteiger partial charge on any atom is -0.404 e. The average molecular weight is 517 g/mol. The van der Waals surface area contributed by atoms with E-state index in [9.17, 15) is 4.57 Å². The van der Waals surface area contributed by atoms with Crippen LogP contribution in [0.15, 0.2) is 45.3 Å². The summed E-state index contributed by atoms with van der Waals surface area (Å²) < 4.78 is 31.0. The van der Waals surface area contributed by atoms with E-state index >= 15 is 0 Å². The van der Waals surface area contributed by atoms with Gasteiger partial charge in [0.25, 0.3) is 0 Å². The van der Waals surface area contributed by atoms with Gasteiger partial charge in [0.2, 0.25) is 0 Å². The van der Waals surface area contributed by atoms with Crippen LogP contribution in [0.3, 0.4) is 0 Å². The van der Waals surface area contributed by atoms with Crippen LogP contribution in [-0.2, 0) is 13.6 Å². The number of aromatic nitrogens is 1. The molecule has 3 rings (SSSR count). The largest absolute Gasteiger partial charge is 0.530 e. The quantitative estimate of drug-likeness (QED) is 0.179. The monoisotopic (exact) mass is 515 g/mol. The van der Waals surface area contributed by atoms with Gasteiger partial charge in [-0.3, -0.25) is 9.05 Å². The maximum Gasteiger partial charge on any atom is 0.530 e. The Balaban J connectivity index is 1.94. The lowest BCUT2D eigenvalue weighted by Gasteiger charge is -2.18. The third-order valence-electron chi connectivity index (χ3n) is 3.89. The summed E-state index contributed by atoms with van der Waals surface area (Å²) in [4.78, 5) is 4.71. The summed E-state index contributed by atoms with van der Waals surface area (Å²) in [6.45, 7) is 4.36. The molecule has 144 valence electrons. The van der Waals surface area contributed by atoms with Gasteiger partial charge >= 0.3 is 7.82 Å². The Morgan fingerprint density at radius 2 is 1.85 bits per heavy atom. The third-order valence-corrected chi connectivity index (χ3v) is 7.40. The Hall–Kier alpha value is -0.980. The fourth-order valence-corrected chi connectivity index (χ4v) is 4.57. The van der Waals surface area contributed by atoms with E-state index < -0.39 is 7.82 Å². The Morgan fingerprint density at radius 3 is 2.59 bits per heavy atom. The molecule has 0 saturated carbocycles. The molecule has 1 aromatic heterocycles. The Morgan fingerprint density at radius 1 is 1.04 bits per heavy atom. The molecule has 0 aliphatic heterocycles. The normalized spacial score (nSPS) is 13.8. The summed E-state index contributed by atoms with van der Waals surface area (Å²) in [6, 6.07) is 11.3. The van der Waals surface area contributed by atoms with E-state index in [1.54, 1.807) is 19.1 Å². The number of halogens is 2. The third kappa shape index (κ3) is 4.90. The molecule has 1 atom stereocenters. The summed E-state index contributed by atoms with van der Waals surface area (Å²) in [7, 11) is -3.65. The highest BCUT2D eigenvalue weighted by Gasteiger charge is 2.28. The summed E-state index contributed by atoms with van der Waals surface area (Å²) in [5.41, 5.74) is 1.68. The van der Waals surface area contributed by atoms with Crippen LogP contribution >= 0.6 is 39.7 Å². The minimum atomic E-state index is -3.65. The molecule has 3 aromatic rings. The molecule has 0 radical (unpaired) electrons. The molecule has 8 heteroatoms. The molecule has 0 fully saturated rings. The highest BCUT2D eigenvalue weighted by molar-refractivity contribution is 9.13. The first-order chi connectivity index (χ1) is 13.0. The second-order valence-corrected chi connectivity index (χ2v) is 9.16. The lowest BCUT2D eigenvalue weighted by Crippen LogP contribution is -2.03. The molecule has 27 heavy (non-hydrogen) atoms. The second kappa shape index (κ2) is 9.01. The lowest BCUT2D eigenvalue weighted by atomic mass is 10.1. The van der Waals surface area contributed by atoms with Crippen molar-refractivity contribution in [3.8, 4) is 5.75 Å². The minimum absolute atomic E-state index is 0.242. The number of nitrogens with zero attached hydrogens (tertiary/aromatic N) is 1. The highest BCUT2D eigenvalue weighted by atomic mass is 79.9. The lowest BCUT2D eigenvalue weighted by molar-refractivity contribution is 0.159. The predicted molar refractivity (Wildman–Crippen MR) is 115 cm³/mol. The maximum absolute atomic E-state index is 12.8. The molecule has 0 spiro atoms. The van der Waals surface area contributed by atoms with Crippen LogP contribution in [0.5, 0.6) is 5.75 Å². The Labute approximate surface area is 175 Å². The van der Waals surface area contributed by atoms with Crippen molar-refractivity contribution in [3.05, 3.63) is 45.3 Å². The number of pyridine rings is 1. The van der Waals surface area contributed by atoms with Gasteiger partial charge in [-0.05, 0) is 75.5 Å². The fraction of sp³-hybridized carbons (Fsp3) is 0.316. The zero-order chi connectivity index (χ0) is 19.4. The molecule has 1 heterocycles. The number of hydrogen-bond donors (Lipinski definition) is 0. The van der Waals surface area contributed by atoms with Gasteiger partial charge in [-0.25, -0.2) is 9.55 Å². The van der Waals surface area contributed by atoms with Crippen molar-refractivity contribution in [3.63, 3.8) is 0 Å². The highest BCUT2D eigenvalue weighted by Crippen LogP contribution is 2.49. The predicted octanol–water partition coefficient (Wildman–Crippen LogP) is 7.25. The Kier molecular flexibility index (Phi) is 6.93. The van der Waals surface area contributed by atoms with E-state index in [0.717, 1.165) is 43.6 Å². The number of rotatable bonds is 8. The fourth-order valence-electron chi connectivity index (χ4n) is 2.58. The smallest absolute Gasteiger partial charge is 0.404 e. The van der Waals surface area contributed by atoms with Crippen LogP contribution in [-0.4, -0.2) is 18.2 Å². The number of phosphoric ester groups is 1. The summed E-state index contributed by atoms with van der Waals surface area (Å²) in [5.74, 6) is 0.424. The van der Waals surface area contributed by atoms with Gasteiger partial charge in [0.15, 0.2) is 0 Å². The molecular weight excluding hydrogens is 497 g/mol. The summed E-state index contributed by atoms with van der Waals surface area (Å²) >= 11 is 7.06. The maximum atomic E-state index is 12.8. The van der Waals surface area contributed by atoms with Gasteiger partial charge in [-0.1, -0.05) is 19.4 Å². The van der Waals surface area contributed by atoms with Crippen molar-refractivity contribution in [2.75, 3.05) is 13.2 Å². The molecule has 0 saturated heterocycles. The van der Waals surface area contributed by atoms with E-state index in [-0.39, 0.29) is 6.61 Å². The molecule has 0 aliphatic rings. The molecule has 0 amide bonds. The van der Waals surface area contributed by atoms with E-state index in [4.69, 9.17) is 18.6 Å². The van der Waals surface area contributed by atoms with Gasteiger partial charge in [-0.15, -0.1) is 0 Å². The number of phosphoric acid groups is 1. The van der Waals surface area contributed by atoms with Crippen molar-refractivity contribution in [1.29, 1.82) is 0 Å². The van der Waals surface area contributed by atoms with Gasteiger partial charge in [0.1, 0.15) is 5.75 Å². The number of fused-ring (bicyclic) bond motifs is 2. The molecule has 5 nitrogen and oxygen atoms in total. The first-order valence-electron chi connectivity index (χ1n) is 8.73. The van der Waals surface area contributed by atoms with Crippen molar-refractivity contribution in [1.82, 2.24) is 4.98 Å². The summed E-state index contributed by atoms with van der Waals surface area (Å²) in [5, 5.41) is 1.87. The van der Waals surface area contributed by atoms with Gasteiger partial charge in [0.05, 0.1) is 28.7 Å². The number of benzene rings is 2. The van der Waals surface area contributed by atoms with Crippen LogP contribution in [0.25, 0.3) is 21.8 Å². The molecule has 0 aliphatic carbocycles. The topological polar surface area (TPSA) is 57.7 Å². The second-order valence-electron chi connectivity index (χ2n) is 5.92. The van der Waals surface area contributed by atoms with Crippen molar-refractivity contribution in [2.24, 2.45) is 0 Å². The molecule has 2 aromatic carbocycles. The van der Waals surface area contributed by atoms with Crippen molar-refractivity contribution in [2.45, 2.75) is 26.7 Å². The van der Waals surface area contributed by atoms with Gasteiger partial charge in [-0.2, -0.15) is 0 Å². The van der Waals surface area contributed by atoms with E-state index in [2.05, 4.69) is 31.9 Å². The average Bonchev–Trinajstić information content (AvgIpc) is 2.64. The molecule has 0 N–H and O–H groups in total. The molecular formula is C19H20Br2NO4P. The molecule has 0 bridgehead atoms. The SMILES string of the molecule is CCCCOP(=O)(OCC)Oc1ccc2nc3c(Br)c(Br)ccc3cc2c1. The van der Waals surface area contributed by atoms with Crippen molar-refractivity contribution >= 4 is 61.5 Å². The van der Waals surface area contributed by atoms with Crippen molar-refractivity contribution < 1.29 is 18.1 Å². The Bertz CT molecular complexity index is 1010. The zero-order valence-corrected chi connectivity index (χ0v) is 19.1. The van der Waals surface area contributed by atoms with E-state index in [0.29, 0.717) is 12.4 Å².